The lowest BCUT2D eigenvalue weighted by Gasteiger charge is -2.26. The van der Waals surface area contributed by atoms with Gasteiger partial charge in [-0.05, 0) is 17.2 Å². The molecule has 2 unspecified atom stereocenters. The van der Waals surface area contributed by atoms with Gasteiger partial charge in [0.15, 0.2) is 0 Å². The monoisotopic (exact) mass is 443 g/mol. The molecule has 1 aromatic carbocycles. The fourth-order valence-electron chi connectivity index (χ4n) is 2.60. The molecule has 2 aromatic rings. The molecular weight excluding hydrogens is 426 g/mol. The predicted octanol–water partition coefficient (Wildman–Crippen LogP) is 2.68. The molecule has 3 N–H and O–H groups in total. The number of hydrogen-bond acceptors (Lipinski definition) is 5. The minimum absolute atomic E-state index is 0.0494. The normalized spacial score (nSPS) is 13.5. The minimum atomic E-state index is -5.15. The van der Waals surface area contributed by atoms with Gasteiger partial charge in [0.05, 0.1) is 24.2 Å². The number of alkyl halides is 3. The topological polar surface area (TPSA) is 133 Å². The molecule has 0 aliphatic heterocycles. The molecule has 1 aromatic heterocycles. The second kappa shape index (κ2) is 10.3. The number of amides is 1. The Labute approximate surface area is 169 Å². The molecular formula is C18H17F3N3O5P. The van der Waals surface area contributed by atoms with Crippen LogP contribution in [0.15, 0.2) is 42.6 Å². The molecule has 0 aliphatic rings. The van der Waals surface area contributed by atoms with E-state index in [9.17, 15) is 22.5 Å². The average molecular weight is 443 g/mol. The van der Waals surface area contributed by atoms with Gasteiger partial charge in [0, 0.05) is 11.8 Å². The summed E-state index contributed by atoms with van der Waals surface area (Å²) < 4.78 is 54.3. The molecule has 0 saturated heterocycles. The summed E-state index contributed by atoms with van der Waals surface area (Å²) in [4.78, 5) is 33.6. The number of phosphoric ester groups is 1. The number of carbonyl (C=O) groups is 1. The van der Waals surface area contributed by atoms with Crippen LogP contribution in [0, 0.1) is 11.3 Å². The summed E-state index contributed by atoms with van der Waals surface area (Å²) in [5.41, 5.74) is 1.93. The van der Waals surface area contributed by atoms with E-state index in [4.69, 9.17) is 15.0 Å². The van der Waals surface area contributed by atoms with Crippen LogP contribution < -0.4 is 5.32 Å². The van der Waals surface area contributed by atoms with Gasteiger partial charge in [0.2, 0.25) is 0 Å². The molecule has 0 fully saturated rings. The maximum atomic E-state index is 13.4. The van der Waals surface area contributed by atoms with Gasteiger partial charge < -0.3 is 15.1 Å². The van der Waals surface area contributed by atoms with E-state index in [1.54, 1.807) is 17.4 Å². The van der Waals surface area contributed by atoms with Crippen LogP contribution in [0.5, 0.6) is 0 Å². The number of nitrogens with zero attached hydrogens (tertiary/aromatic N) is 2. The Hall–Kier alpha value is -2.77. The van der Waals surface area contributed by atoms with Crippen molar-refractivity contribution in [2.24, 2.45) is 0 Å². The highest BCUT2D eigenvalue weighted by atomic mass is 31.2. The Bertz CT molecular complexity index is 945. The highest BCUT2D eigenvalue weighted by Gasteiger charge is 2.33. The first kappa shape index (κ1) is 23.5. The third-order valence-electron chi connectivity index (χ3n) is 3.97. The summed E-state index contributed by atoms with van der Waals surface area (Å²) in [6, 6.07) is 9.35. The number of benzene rings is 1. The van der Waals surface area contributed by atoms with E-state index in [0.717, 1.165) is 0 Å². The first-order valence-corrected chi connectivity index (χ1v) is 9.98. The van der Waals surface area contributed by atoms with Crippen LogP contribution in [0.25, 0.3) is 11.1 Å². The molecule has 1 amide bonds. The Morgan fingerprint density at radius 3 is 2.30 bits per heavy atom. The summed E-state index contributed by atoms with van der Waals surface area (Å²) >= 11 is 0. The molecule has 1 heterocycles. The molecule has 0 bridgehead atoms. The molecule has 0 spiro atoms. The van der Waals surface area contributed by atoms with Crippen LogP contribution in [-0.4, -0.2) is 39.8 Å². The van der Waals surface area contributed by atoms with E-state index in [1.165, 1.54) is 30.5 Å². The smallest absolute Gasteiger partial charge is 0.343 e. The Morgan fingerprint density at radius 2 is 1.83 bits per heavy atom. The highest BCUT2D eigenvalue weighted by molar-refractivity contribution is 7.46. The number of pyridine rings is 1. The van der Waals surface area contributed by atoms with Gasteiger partial charge in [-0.15, -0.1) is 0 Å². The number of carbonyl (C=O) groups excluding carboxylic acids is 1. The number of aromatic nitrogens is 1. The first-order chi connectivity index (χ1) is 14.1. The summed E-state index contributed by atoms with van der Waals surface area (Å²) in [6.45, 7) is -1.41. The number of nitriles is 1. The van der Waals surface area contributed by atoms with E-state index < -0.39 is 39.0 Å². The van der Waals surface area contributed by atoms with E-state index in [1.807, 2.05) is 6.07 Å². The van der Waals surface area contributed by atoms with Crippen molar-refractivity contribution >= 4 is 13.7 Å². The molecule has 8 nitrogen and oxygen atoms in total. The molecule has 2 atom stereocenters. The first-order valence-electron chi connectivity index (χ1n) is 8.45. The zero-order chi connectivity index (χ0) is 22.3. The van der Waals surface area contributed by atoms with Crippen molar-refractivity contribution in [2.45, 2.75) is 25.0 Å². The Morgan fingerprint density at radius 1 is 1.20 bits per heavy atom. The van der Waals surface area contributed by atoms with Gasteiger partial charge in [-0.25, -0.2) is 8.96 Å². The van der Waals surface area contributed by atoms with Gasteiger partial charge in [0.25, 0.3) is 5.91 Å². The molecule has 0 saturated carbocycles. The highest BCUT2D eigenvalue weighted by Crippen LogP contribution is 2.43. The lowest BCUT2D eigenvalue weighted by molar-refractivity contribution is -0.133. The second-order valence-electron chi connectivity index (χ2n) is 6.08. The average Bonchev–Trinajstić information content (AvgIpc) is 2.70. The largest absolute Gasteiger partial charge is 0.470 e. The zero-order valence-corrected chi connectivity index (χ0v) is 16.2. The van der Waals surface area contributed by atoms with Gasteiger partial charge in [0.1, 0.15) is 12.8 Å². The Kier molecular flexibility index (Phi) is 8.08. The second-order valence-corrected chi connectivity index (χ2v) is 7.27. The molecule has 2 rings (SSSR count). The van der Waals surface area contributed by atoms with Crippen LogP contribution >= 0.6 is 7.82 Å². The van der Waals surface area contributed by atoms with Crippen LogP contribution in [0.3, 0.4) is 0 Å². The van der Waals surface area contributed by atoms with Crippen LogP contribution in [0.2, 0.25) is 0 Å². The minimum Gasteiger partial charge on any atom is -0.343 e. The lowest BCUT2D eigenvalue weighted by atomic mass is 9.99. The maximum absolute atomic E-state index is 13.4. The SMILES string of the molecule is N#CCc1ccc(-c2ccc(C(OP(=O)(O)O)C(CF)NC(=O)C(F)F)cc2)cn1. The van der Waals surface area contributed by atoms with Crippen LogP contribution in [-0.2, 0) is 20.3 Å². The number of rotatable bonds is 9. The van der Waals surface area contributed by atoms with Gasteiger partial charge in [-0.2, -0.15) is 14.0 Å². The summed E-state index contributed by atoms with van der Waals surface area (Å²) in [7, 11) is -5.15. The lowest BCUT2D eigenvalue weighted by Crippen LogP contribution is -2.44. The van der Waals surface area contributed by atoms with E-state index in [-0.39, 0.29) is 12.0 Å². The number of nitrogens with one attached hydrogen (secondary N) is 1. The third kappa shape index (κ3) is 6.64. The number of phosphoric acid groups is 1. The summed E-state index contributed by atoms with van der Waals surface area (Å²) in [6.07, 6.45) is -3.48. The molecule has 160 valence electrons. The van der Waals surface area contributed by atoms with E-state index in [2.05, 4.69) is 9.51 Å². The fraction of sp³-hybridized carbons (Fsp3) is 0.278. The molecule has 12 heteroatoms. The van der Waals surface area contributed by atoms with Crippen LogP contribution in [0.4, 0.5) is 13.2 Å². The van der Waals surface area contributed by atoms with Crippen molar-refractivity contribution < 1.29 is 36.8 Å². The van der Waals surface area contributed by atoms with Crippen molar-refractivity contribution in [2.75, 3.05) is 6.67 Å². The summed E-state index contributed by atoms with van der Waals surface area (Å²) in [5, 5.41) is 10.4. The zero-order valence-electron chi connectivity index (χ0n) is 15.3. The number of halogens is 3. The van der Waals surface area contributed by atoms with Crippen molar-refractivity contribution in [3.05, 3.63) is 53.9 Å². The van der Waals surface area contributed by atoms with Gasteiger partial charge >= 0.3 is 14.2 Å². The van der Waals surface area contributed by atoms with Crippen molar-refractivity contribution in [1.29, 1.82) is 5.26 Å². The third-order valence-corrected chi connectivity index (χ3v) is 4.47. The quantitative estimate of drug-likeness (QED) is 0.508. The Balaban J connectivity index is 2.31. The fourth-order valence-corrected chi connectivity index (χ4v) is 3.17. The summed E-state index contributed by atoms with van der Waals surface area (Å²) in [5.74, 6) is -1.79. The van der Waals surface area contributed by atoms with Gasteiger partial charge in [-0.1, -0.05) is 30.3 Å². The van der Waals surface area contributed by atoms with E-state index >= 15 is 0 Å². The molecule has 30 heavy (non-hydrogen) atoms. The standard InChI is InChI=1S/C18H17F3N3O5P/c19-9-15(24-18(25)17(20)21)16(29-30(26,27)28)12-3-1-11(2-4-12)13-5-6-14(7-8-22)23-10-13/h1-6,10,15-17H,7,9H2,(H,24,25)(H2,26,27,28). The van der Waals surface area contributed by atoms with Crippen molar-refractivity contribution in [3.8, 4) is 17.2 Å². The van der Waals surface area contributed by atoms with Crippen LogP contribution in [0.1, 0.15) is 17.4 Å². The van der Waals surface area contributed by atoms with Crippen molar-refractivity contribution in [1.82, 2.24) is 10.3 Å². The van der Waals surface area contributed by atoms with Crippen molar-refractivity contribution in [3.63, 3.8) is 0 Å². The van der Waals surface area contributed by atoms with E-state index in [0.29, 0.717) is 16.8 Å². The predicted molar refractivity (Wildman–Crippen MR) is 98.8 cm³/mol. The number of hydrogen-bond donors (Lipinski definition) is 3. The molecule has 0 aliphatic carbocycles. The van der Waals surface area contributed by atoms with Gasteiger partial charge in [-0.3, -0.25) is 14.3 Å². The maximum Gasteiger partial charge on any atom is 0.470 e. The molecule has 0 radical (unpaired) electrons.